The predicted octanol–water partition coefficient (Wildman–Crippen LogP) is 2.47. The first-order valence-corrected chi connectivity index (χ1v) is 7.07. The molecule has 1 saturated heterocycles. The highest BCUT2D eigenvalue weighted by Crippen LogP contribution is 2.15. The fourth-order valence-corrected chi connectivity index (χ4v) is 2.51. The van der Waals surface area contributed by atoms with Crippen molar-refractivity contribution >= 4 is 17.3 Å². The van der Waals surface area contributed by atoms with E-state index >= 15 is 0 Å². The Labute approximate surface area is 115 Å². The Kier molecular flexibility index (Phi) is 4.80. The summed E-state index contributed by atoms with van der Waals surface area (Å²) >= 11 is 0. The molecule has 104 valence electrons. The number of hydrogen-bond donors (Lipinski definition) is 2. The van der Waals surface area contributed by atoms with Crippen LogP contribution >= 0.6 is 0 Å². The van der Waals surface area contributed by atoms with Gasteiger partial charge in [0.25, 0.3) is 0 Å². The molecule has 1 atom stereocenters. The van der Waals surface area contributed by atoms with E-state index in [1.54, 1.807) is 6.07 Å². The number of carbonyl (C=O) groups is 1. The number of benzene rings is 1. The van der Waals surface area contributed by atoms with Crippen molar-refractivity contribution in [1.29, 1.82) is 0 Å². The molecule has 0 aromatic heterocycles. The molecule has 4 heteroatoms. The first kappa shape index (κ1) is 13.9. The van der Waals surface area contributed by atoms with E-state index in [0.29, 0.717) is 5.69 Å². The van der Waals surface area contributed by atoms with E-state index in [9.17, 15) is 4.79 Å². The van der Waals surface area contributed by atoms with Gasteiger partial charge in [-0.3, -0.25) is 9.69 Å². The predicted molar refractivity (Wildman–Crippen MR) is 79.0 cm³/mol. The molecule has 1 aromatic rings. The molecule has 0 saturated carbocycles. The first-order chi connectivity index (χ1) is 9.16. The monoisotopic (exact) mass is 261 g/mol. The van der Waals surface area contributed by atoms with E-state index in [1.807, 2.05) is 25.1 Å². The Morgan fingerprint density at radius 2 is 1.95 bits per heavy atom. The van der Waals surface area contributed by atoms with Crippen molar-refractivity contribution in [3.8, 4) is 0 Å². The molecule has 1 unspecified atom stereocenters. The van der Waals surface area contributed by atoms with Gasteiger partial charge in [0.05, 0.1) is 6.04 Å². The average molecular weight is 261 g/mol. The first-order valence-electron chi connectivity index (χ1n) is 7.07. The minimum Gasteiger partial charge on any atom is -0.399 e. The van der Waals surface area contributed by atoms with Gasteiger partial charge in [0, 0.05) is 11.4 Å². The van der Waals surface area contributed by atoms with Gasteiger partial charge in [-0.2, -0.15) is 0 Å². The van der Waals surface area contributed by atoms with Crippen LogP contribution in [0, 0.1) is 0 Å². The molecule has 1 aromatic carbocycles. The highest BCUT2D eigenvalue weighted by atomic mass is 16.2. The lowest BCUT2D eigenvalue weighted by molar-refractivity contribution is -0.120. The Morgan fingerprint density at radius 1 is 1.26 bits per heavy atom. The van der Waals surface area contributed by atoms with Gasteiger partial charge in [-0.25, -0.2) is 0 Å². The Bertz CT molecular complexity index is 425. The molecule has 4 nitrogen and oxygen atoms in total. The second kappa shape index (κ2) is 6.57. The quantitative estimate of drug-likeness (QED) is 0.822. The summed E-state index contributed by atoms with van der Waals surface area (Å²) in [6, 6.07) is 7.23. The summed E-state index contributed by atoms with van der Waals surface area (Å²) in [6.45, 7) is 4.02. The number of rotatable bonds is 3. The maximum atomic E-state index is 12.2. The number of carbonyl (C=O) groups excluding carboxylic acids is 1. The van der Waals surface area contributed by atoms with Crippen LogP contribution in [0.3, 0.4) is 0 Å². The van der Waals surface area contributed by atoms with Crippen LogP contribution in [0.15, 0.2) is 24.3 Å². The molecule has 0 aliphatic carbocycles. The number of nitrogen functional groups attached to an aromatic ring is 1. The second-order valence-electron chi connectivity index (χ2n) is 5.24. The number of likely N-dealkylation sites (tertiary alicyclic amines) is 1. The average Bonchev–Trinajstić information content (AvgIpc) is 2.66. The van der Waals surface area contributed by atoms with Gasteiger partial charge < -0.3 is 11.1 Å². The minimum atomic E-state index is -0.0838. The molecule has 3 N–H and O–H groups in total. The van der Waals surface area contributed by atoms with Crippen LogP contribution in [0.25, 0.3) is 0 Å². The zero-order valence-corrected chi connectivity index (χ0v) is 11.6. The number of nitrogens with one attached hydrogen (secondary N) is 1. The summed E-state index contributed by atoms with van der Waals surface area (Å²) in [5.41, 5.74) is 7.15. The zero-order valence-electron chi connectivity index (χ0n) is 11.6. The van der Waals surface area contributed by atoms with E-state index in [-0.39, 0.29) is 11.9 Å². The molecular weight excluding hydrogens is 238 g/mol. The Morgan fingerprint density at radius 3 is 2.58 bits per heavy atom. The van der Waals surface area contributed by atoms with Crippen molar-refractivity contribution in [2.24, 2.45) is 0 Å². The van der Waals surface area contributed by atoms with Crippen LogP contribution < -0.4 is 11.1 Å². The van der Waals surface area contributed by atoms with Crippen LogP contribution in [0.5, 0.6) is 0 Å². The molecular formula is C15H23N3O. The normalized spacial score (nSPS) is 18.6. The van der Waals surface area contributed by atoms with Gasteiger partial charge in [0.15, 0.2) is 0 Å². The fraction of sp³-hybridized carbons (Fsp3) is 0.533. The van der Waals surface area contributed by atoms with Gasteiger partial charge in [-0.05, 0) is 51.1 Å². The summed E-state index contributed by atoms with van der Waals surface area (Å²) < 4.78 is 0. The van der Waals surface area contributed by atoms with E-state index in [2.05, 4.69) is 10.2 Å². The Balaban J connectivity index is 1.94. The van der Waals surface area contributed by atoms with E-state index < -0.39 is 0 Å². The summed E-state index contributed by atoms with van der Waals surface area (Å²) in [4.78, 5) is 14.5. The lowest BCUT2D eigenvalue weighted by Gasteiger charge is -2.26. The van der Waals surface area contributed by atoms with Crippen LogP contribution in [-0.4, -0.2) is 29.9 Å². The highest BCUT2D eigenvalue weighted by Gasteiger charge is 2.21. The molecule has 0 radical (unpaired) electrons. The van der Waals surface area contributed by atoms with Gasteiger partial charge >= 0.3 is 0 Å². The van der Waals surface area contributed by atoms with Crippen LogP contribution in [-0.2, 0) is 4.79 Å². The van der Waals surface area contributed by atoms with Crippen molar-refractivity contribution in [3.63, 3.8) is 0 Å². The zero-order chi connectivity index (χ0) is 13.7. The molecule has 2 rings (SSSR count). The molecule has 1 amide bonds. The summed E-state index contributed by atoms with van der Waals surface area (Å²) in [7, 11) is 0. The summed E-state index contributed by atoms with van der Waals surface area (Å²) in [5.74, 6) is 0.0486. The molecule has 0 bridgehead atoms. The third kappa shape index (κ3) is 3.96. The molecule has 1 fully saturated rings. The van der Waals surface area contributed by atoms with Crippen molar-refractivity contribution in [2.45, 2.75) is 38.6 Å². The minimum absolute atomic E-state index is 0.0486. The number of amides is 1. The van der Waals surface area contributed by atoms with Crippen LogP contribution in [0.4, 0.5) is 11.4 Å². The highest BCUT2D eigenvalue weighted by molar-refractivity contribution is 5.94. The number of nitrogens with zero attached hydrogens (tertiary/aromatic N) is 1. The smallest absolute Gasteiger partial charge is 0.241 e. The van der Waals surface area contributed by atoms with E-state index in [1.165, 1.54) is 25.7 Å². The fourth-order valence-electron chi connectivity index (χ4n) is 2.51. The third-order valence-electron chi connectivity index (χ3n) is 3.72. The number of anilines is 2. The maximum Gasteiger partial charge on any atom is 0.241 e. The van der Waals surface area contributed by atoms with E-state index in [0.717, 1.165) is 18.8 Å². The summed E-state index contributed by atoms with van der Waals surface area (Å²) in [6.07, 6.45) is 4.94. The summed E-state index contributed by atoms with van der Waals surface area (Å²) in [5, 5.41) is 2.94. The maximum absolute atomic E-state index is 12.2. The van der Waals surface area contributed by atoms with Crippen LogP contribution in [0.1, 0.15) is 32.6 Å². The van der Waals surface area contributed by atoms with Crippen molar-refractivity contribution < 1.29 is 4.79 Å². The van der Waals surface area contributed by atoms with Gasteiger partial charge in [0.2, 0.25) is 5.91 Å². The van der Waals surface area contributed by atoms with Crippen LogP contribution in [0.2, 0.25) is 0 Å². The molecule has 0 spiro atoms. The number of hydrogen-bond acceptors (Lipinski definition) is 3. The van der Waals surface area contributed by atoms with Crippen molar-refractivity contribution in [2.75, 3.05) is 24.1 Å². The van der Waals surface area contributed by atoms with Gasteiger partial charge in [0.1, 0.15) is 0 Å². The lowest BCUT2D eigenvalue weighted by Crippen LogP contribution is -2.42. The molecule has 1 aliphatic heterocycles. The SMILES string of the molecule is CC(C(=O)Nc1cccc(N)c1)N1CCCCCC1. The van der Waals surface area contributed by atoms with Gasteiger partial charge in [-0.15, -0.1) is 0 Å². The van der Waals surface area contributed by atoms with Crippen molar-refractivity contribution in [1.82, 2.24) is 4.90 Å². The Hall–Kier alpha value is -1.55. The largest absolute Gasteiger partial charge is 0.399 e. The molecule has 19 heavy (non-hydrogen) atoms. The topological polar surface area (TPSA) is 58.4 Å². The van der Waals surface area contributed by atoms with Crippen molar-refractivity contribution in [3.05, 3.63) is 24.3 Å². The third-order valence-corrected chi connectivity index (χ3v) is 3.72. The standard InChI is InChI=1S/C15H23N3O/c1-12(18-9-4-2-3-5-10-18)15(19)17-14-8-6-7-13(16)11-14/h6-8,11-12H,2-5,9-10,16H2,1H3,(H,17,19). The number of nitrogens with two attached hydrogens (primary N) is 1. The van der Waals surface area contributed by atoms with Gasteiger partial charge in [-0.1, -0.05) is 18.9 Å². The molecule has 1 heterocycles. The lowest BCUT2D eigenvalue weighted by atomic mass is 10.2. The van der Waals surface area contributed by atoms with E-state index in [4.69, 9.17) is 5.73 Å². The molecule has 1 aliphatic rings. The second-order valence-corrected chi connectivity index (χ2v) is 5.24.